The van der Waals surface area contributed by atoms with Gasteiger partial charge < -0.3 is 4.90 Å². The monoisotopic (exact) mass is 335 g/mol. The van der Waals surface area contributed by atoms with Crippen LogP contribution >= 0.6 is 0 Å². The number of likely N-dealkylation sites (tertiary alicyclic amines) is 1. The molecule has 1 unspecified atom stereocenters. The number of benzene rings is 1. The summed E-state index contributed by atoms with van der Waals surface area (Å²) in [6, 6.07) is 6.64. The Kier molecular flexibility index (Phi) is 4.77. The van der Waals surface area contributed by atoms with E-state index in [-0.39, 0.29) is 5.91 Å². The molecule has 1 fully saturated rings. The predicted molar refractivity (Wildman–Crippen MR) is 97.4 cm³/mol. The normalized spacial score (nSPS) is 20.2. The van der Waals surface area contributed by atoms with Crippen molar-refractivity contribution >= 4 is 5.91 Å². The Labute approximate surface area is 149 Å². The van der Waals surface area contributed by atoms with Crippen LogP contribution < -0.4 is 0 Å². The molecule has 2 aromatic rings. The summed E-state index contributed by atoms with van der Waals surface area (Å²) in [5, 5.41) is 0. The second kappa shape index (κ2) is 7.34. The van der Waals surface area contributed by atoms with Gasteiger partial charge in [0.25, 0.3) is 0 Å². The SMILES string of the molecule is O=C(Cc1ccc2c(c1)CCCC2)N1CCCC(c2cnccn2)C1. The van der Waals surface area contributed by atoms with Crippen LogP contribution in [0.2, 0.25) is 0 Å². The van der Waals surface area contributed by atoms with Gasteiger partial charge in [-0.2, -0.15) is 0 Å². The van der Waals surface area contributed by atoms with E-state index >= 15 is 0 Å². The lowest BCUT2D eigenvalue weighted by atomic mass is 9.89. The van der Waals surface area contributed by atoms with E-state index in [9.17, 15) is 4.79 Å². The molecule has 1 aliphatic carbocycles. The molecule has 2 heterocycles. The van der Waals surface area contributed by atoms with E-state index in [1.165, 1.54) is 30.4 Å². The van der Waals surface area contributed by atoms with Gasteiger partial charge in [-0.3, -0.25) is 14.8 Å². The third kappa shape index (κ3) is 3.73. The number of aryl methyl sites for hydroxylation is 2. The Bertz CT molecular complexity index is 744. The number of carbonyl (C=O) groups is 1. The van der Waals surface area contributed by atoms with E-state index in [2.05, 4.69) is 28.2 Å². The zero-order chi connectivity index (χ0) is 17.1. The first-order valence-electron chi connectivity index (χ1n) is 9.44. The summed E-state index contributed by atoms with van der Waals surface area (Å²) in [5.41, 5.74) is 5.09. The maximum atomic E-state index is 12.8. The van der Waals surface area contributed by atoms with Gasteiger partial charge in [-0.1, -0.05) is 18.2 Å². The standard InChI is InChI=1S/C21H25N3O/c25-21(13-16-7-8-17-4-1-2-5-18(17)12-16)24-11-3-6-19(15-24)20-14-22-9-10-23-20/h7-10,12,14,19H,1-6,11,13,15H2. The van der Waals surface area contributed by atoms with Gasteiger partial charge >= 0.3 is 0 Å². The fourth-order valence-electron chi connectivity index (χ4n) is 4.15. The van der Waals surface area contributed by atoms with Gasteiger partial charge in [0.1, 0.15) is 0 Å². The molecule has 0 bridgehead atoms. The fraction of sp³-hybridized carbons (Fsp3) is 0.476. The van der Waals surface area contributed by atoms with E-state index in [1.54, 1.807) is 12.4 Å². The van der Waals surface area contributed by atoms with Crippen molar-refractivity contribution in [3.63, 3.8) is 0 Å². The Morgan fingerprint density at radius 1 is 1.12 bits per heavy atom. The van der Waals surface area contributed by atoms with Gasteiger partial charge in [0.15, 0.2) is 0 Å². The topological polar surface area (TPSA) is 46.1 Å². The highest BCUT2D eigenvalue weighted by Crippen LogP contribution is 2.26. The van der Waals surface area contributed by atoms with Crippen molar-refractivity contribution in [2.45, 2.75) is 50.9 Å². The van der Waals surface area contributed by atoms with Crippen LogP contribution in [-0.2, 0) is 24.1 Å². The first kappa shape index (κ1) is 16.2. The minimum atomic E-state index is 0.240. The maximum Gasteiger partial charge on any atom is 0.227 e. The number of piperidine rings is 1. The lowest BCUT2D eigenvalue weighted by molar-refractivity contribution is -0.131. The van der Waals surface area contributed by atoms with Crippen molar-refractivity contribution in [3.8, 4) is 0 Å². The molecule has 0 radical (unpaired) electrons. The van der Waals surface area contributed by atoms with Crippen molar-refractivity contribution in [1.29, 1.82) is 0 Å². The van der Waals surface area contributed by atoms with Gasteiger partial charge in [-0.25, -0.2) is 0 Å². The van der Waals surface area contributed by atoms with E-state index in [4.69, 9.17) is 0 Å². The molecule has 1 aromatic heterocycles. The van der Waals surface area contributed by atoms with E-state index in [1.807, 2.05) is 11.1 Å². The maximum absolute atomic E-state index is 12.8. The minimum absolute atomic E-state index is 0.240. The van der Waals surface area contributed by atoms with Gasteiger partial charge in [-0.15, -0.1) is 0 Å². The van der Waals surface area contributed by atoms with Gasteiger partial charge in [-0.05, 0) is 55.2 Å². The molecule has 4 heteroatoms. The number of hydrogen-bond donors (Lipinski definition) is 0. The molecule has 25 heavy (non-hydrogen) atoms. The zero-order valence-electron chi connectivity index (χ0n) is 14.7. The summed E-state index contributed by atoms with van der Waals surface area (Å²) in [7, 11) is 0. The molecule has 1 saturated heterocycles. The minimum Gasteiger partial charge on any atom is -0.342 e. The Hall–Kier alpha value is -2.23. The number of fused-ring (bicyclic) bond motifs is 1. The second-order valence-corrected chi connectivity index (χ2v) is 7.30. The molecule has 1 aromatic carbocycles. The molecule has 130 valence electrons. The van der Waals surface area contributed by atoms with Crippen LogP contribution in [0, 0.1) is 0 Å². The molecular weight excluding hydrogens is 310 g/mol. The first-order valence-corrected chi connectivity index (χ1v) is 9.44. The number of rotatable bonds is 3. The third-order valence-corrected chi connectivity index (χ3v) is 5.54. The molecule has 0 saturated carbocycles. The second-order valence-electron chi connectivity index (χ2n) is 7.30. The predicted octanol–water partition coefficient (Wildman–Crippen LogP) is 3.30. The summed E-state index contributed by atoms with van der Waals surface area (Å²) in [6.07, 6.45) is 12.8. The van der Waals surface area contributed by atoms with Crippen LogP contribution in [0.4, 0.5) is 0 Å². The van der Waals surface area contributed by atoms with Crippen molar-refractivity contribution in [1.82, 2.24) is 14.9 Å². The summed E-state index contributed by atoms with van der Waals surface area (Å²) < 4.78 is 0. The average Bonchev–Trinajstić information content (AvgIpc) is 2.69. The lowest BCUT2D eigenvalue weighted by Gasteiger charge is -2.32. The van der Waals surface area contributed by atoms with Crippen LogP contribution in [0.3, 0.4) is 0 Å². The van der Waals surface area contributed by atoms with E-state index < -0.39 is 0 Å². The quantitative estimate of drug-likeness (QED) is 0.864. The molecule has 2 aliphatic rings. The largest absolute Gasteiger partial charge is 0.342 e. The highest BCUT2D eigenvalue weighted by Gasteiger charge is 2.25. The molecule has 0 spiro atoms. The molecule has 4 rings (SSSR count). The molecule has 1 amide bonds. The lowest BCUT2D eigenvalue weighted by Crippen LogP contribution is -2.40. The van der Waals surface area contributed by atoms with Crippen LogP contribution in [-0.4, -0.2) is 33.9 Å². The zero-order valence-corrected chi connectivity index (χ0v) is 14.7. The molecular formula is C21H25N3O. The fourth-order valence-corrected chi connectivity index (χ4v) is 4.15. The van der Waals surface area contributed by atoms with Crippen molar-refractivity contribution in [3.05, 3.63) is 59.2 Å². The first-order chi connectivity index (χ1) is 12.3. The average molecular weight is 335 g/mol. The number of aromatic nitrogens is 2. The van der Waals surface area contributed by atoms with Crippen molar-refractivity contribution < 1.29 is 4.79 Å². The highest BCUT2D eigenvalue weighted by molar-refractivity contribution is 5.79. The van der Waals surface area contributed by atoms with Crippen LogP contribution in [0.5, 0.6) is 0 Å². The highest BCUT2D eigenvalue weighted by atomic mass is 16.2. The number of hydrogen-bond acceptors (Lipinski definition) is 3. The van der Waals surface area contributed by atoms with Gasteiger partial charge in [0.2, 0.25) is 5.91 Å². The Balaban J connectivity index is 1.42. The third-order valence-electron chi connectivity index (χ3n) is 5.54. The van der Waals surface area contributed by atoms with E-state index in [0.717, 1.165) is 43.6 Å². The van der Waals surface area contributed by atoms with E-state index in [0.29, 0.717) is 12.3 Å². The smallest absolute Gasteiger partial charge is 0.227 e. The van der Waals surface area contributed by atoms with Gasteiger partial charge in [0, 0.05) is 37.6 Å². The summed E-state index contributed by atoms with van der Waals surface area (Å²) in [4.78, 5) is 23.4. The van der Waals surface area contributed by atoms with Crippen LogP contribution in [0.25, 0.3) is 0 Å². The molecule has 1 aliphatic heterocycles. The summed E-state index contributed by atoms with van der Waals surface area (Å²) in [5.74, 6) is 0.555. The van der Waals surface area contributed by atoms with Crippen molar-refractivity contribution in [2.75, 3.05) is 13.1 Å². The number of carbonyl (C=O) groups excluding carboxylic acids is 1. The van der Waals surface area contributed by atoms with Gasteiger partial charge in [0.05, 0.1) is 12.1 Å². The van der Waals surface area contributed by atoms with Crippen LogP contribution in [0.1, 0.15) is 54.0 Å². The summed E-state index contributed by atoms with van der Waals surface area (Å²) >= 11 is 0. The summed E-state index contributed by atoms with van der Waals surface area (Å²) in [6.45, 7) is 1.63. The molecule has 1 atom stereocenters. The molecule has 4 nitrogen and oxygen atoms in total. The van der Waals surface area contributed by atoms with Crippen LogP contribution in [0.15, 0.2) is 36.8 Å². The number of amides is 1. The Morgan fingerprint density at radius 3 is 2.84 bits per heavy atom. The molecule has 0 N–H and O–H groups in total. The Morgan fingerprint density at radius 2 is 2.00 bits per heavy atom. The number of nitrogens with zero attached hydrogens (tertiary/aromatic N) is 3. The van der Waals surface area contributed by atoms with Crippen molar-refractivity contribution in [2.24, 2.45) is 0 Å².